The molecule has 0 bridgehead atoms. The van der Waals surface area contributed by atoms with Crippen LogP contribution < -0.4 is 15.0 Å². The summed E-state index contributed by atoms with van der Waals surface area (Å²) in [4.78, 5) is 26.0. The predicted molar refractivity (Wildman–Crippen MR) is 83.3 cm³/mol. The second-order valence-corrected chi connectivity index (χ2v) is 5.12. The number of ether oxygens (including phenoxy) is 1. The maximum Gasteiger partial charge on any atom is 0.321 e. The van der Waals surface area contributed by atoms with Gasteiger partial charge in [-0.15, -0.1) is 0 Å². The highest BCUT2D eigenvalue weighted by atomic mass is 35.5. The van der Waals surface area contributed by atoms with E-state index in [1.807, 2.05) is 0 Å². The lowest BCUT2D eigenvalue weighted by Gasteiger charge is -2.12. The van der Waals surface area contributed by atoms with Gasteiger partial charge in [0.15, 0.2) is 5.82 Å². The van der Waals surface area contributed by atoms with E-state index in [0.29, 0.717) is 5.95 Å². The summed E-state index contributed by atoms with van der Waals surface area (Å²) in [6.07, 6.45) is 0. The summed E-state index contributed by atoms with van der Waals surface area (Å²) in [5.41, 5.74) is -0.219. The third kappa shape index (κ3) is 4.04. The molecule has 2 rings (SSSR count). The van der Waals surface area contributed by atoms with Crippen molar-refractivity contribution in [2.75, 3.05) is 26.1 Å². The highest BCUT2D eigenvalue weighted by molar-refractivity contribution is 6.33. The van der Waals surface area contributed by atoms with Gasteiger partial charge in [0.1, 0.15) is 5.82 Å². The number of benzene rings is 1. The summed E-state index contributed by atoms with van der Waals surface area (Å²) in [5.74, 6) is -0.692. The molecule has 0 aliphatic heterocycles. The molecule has 1 N–H and O–H groups in total. The molecular formula is C14H15ClFN5O2. The van der Waals surface area contributed by atoms with E-state index in [9.17, 15) is 9.18 Å². The summed E-state index contributed by atoms with van der Waals surface area (Å²) in [6, 6.07) is 4.15. The number of aromatic nitrogens is 3. The van der Waals surface area contributed by atoms with Crippen LogP contribution in [0.15, 0.2) is 18.2 Å². The minimum absolute atomic E-state index is 0.0246. The summed E-state index contributed by atoms with van der Waals surface area (Å²) in [7, 11) is 4.95. The Balaban J connectivity index is 2.17. The van der Waals surface area contributed by atoms with Crippen molar-refractivity contribution in [3.63, 3.8) is 0 Å². The van der Waals surface area contributed by atoms with E-state index in [4.69, 9.17) is 16.3 Å². The van der Waals surface area contributed by atoms with E-state index >= 15 is 0 Å². The van der Waals surface area contributed by atoms with Gasteiger partial charge in [-0.1, -0.05) is 17.7 Å². The Kier molecular flexibility index (Phi) is 5.28. The molecule has 1 amide bonds. The zero-order valence-electron chi connectivity index (χ0n) is 12.8. The fourth-order valence-corrected chi connectivity index (χ4v) is 1.97. The number of carbonyl (C=O) groups is 1. The zero-order valence-corrected chi connectivity index (χ0v) is 13.6. The third-order valence-electron chi connectivity index (χ3n) is 2.83. The van der Waals surface area contributed by atoms with Crippen molar-refractivity contribution < 1.29 is 13.9 Å². The first-order chi connectivity index (χ1) is 10.9. The van der Waals surface area contributed by atoms with Crippen LogP contribution in [0.4, 0.5) is 10.3 Å². The molecule has 0 saturated carbocycles. The van der Waals surface area contributed by atoms with Crippen LogP contribution in [0.25, 0.3) is 0 Å². The Hall–Kier alpha value is -2.48. The van der Waals surface area contributed by atoms with Gasteiger partial charge in [0.2, 0.25) is 5.95 Å². The van der Waals surface area contributed by atoms with E-state index in [1.165, 1.54) is 19.2 Å². The number of rotatable bonds is 5. The van der Waals surface area contributed by atoms with Gasteiger partial charge in [0, 0.05) is 14.1 Å². The quantitative estimate of drug-likeness (QED) is 0.892. The number of nitrogens with one attached hydrogen (secondary N) is 1. The van der Waals surface area contributed by atoms with E-state index in [0.717, 1.165) is 6.07 Å². The highest BCUT2D eigenvalue weighted by Gasteiger charge is 2.16. The molecule has 23 heavy (non-hydrogen) atoms. The normalized spacial score (nSPS) is 10.3. The molecule has 0 aliphatic carbocycles. The number of hydrogen-bond acceptors (Lipinski definition) is 6. The summed E-state index contributed by atoms with van der Waals surface area (Å²) >= 11 is 5.85. The molecule has 1 aromatic carbocycles. The standard InChI is InChI=1S/C14H15ClFN5O2/c1-21(2)13-18-10(19-14(20-13)23-3)7-17-12(22)11-8(15)5-4-6-9(11)16/h4-6H,7H2,1-3H3,(H,17,22). The number of methoxy groups -OCH3 is 1. The monoisotopic (exact) mass is 339 g/mol. The second-order valence-electron chi connectivity index (χ2n) is 4.71. The lowest BCUT2D eigenvalue weighted by molar-refractivity contribution is 0.0946. The molecule has 9 heteroatoms. The molecule has 0 spiro atoms. The number of anilines is 1. The molecule has 1 aromatic heterocycles. The van der Waals surface area contributed by atoms with Gasteiger partial charge in [0.05, 0.1) is 24.2 Å². The number of hydrogen-bond donors (Lipinski definition) is 1. The maximum atomic E-state index is 13.7. The minimum atomic E-state index is -0.697. The van der Waals surface area contributed by atoms with Crippen LogP contribution in [0.1, 0.15) is 16.2 Å². The first-order valence-corrected chi connectivity index (χ1v) is 6.98. The number of carbonyl (C=O) groups excluding carboxylic acids is 1. The Bertz CT molecular complexity index is 706. The minimum Gasteiger partial charge on any atom is -0.467 e. The Morgan fingerprint density at radius 2 is 2.09 bits per heavy atom. The average Bonchev–Trinajstić information content (AvgIpc) is 2.52. The van der Waals surface area contributed by atoms with Gasteiger partial charge in [-0.3, -0.25) is 4.79 Å². The van der Waals surface area contributed by atoms with E-state index in [2.05, 4.69) is 20.3 Å². The molecule has 0 fully saturated rings. The summed E-state index contributed by atoms with van der Waals surface area (Å²) in [5, 5.41) is 2.56. The topological polar surface area (TPSA) is 80.2 Å². The predicted octanol–water partition coefficient (Wildman–Crippen LogP) is 1.67. The molecule has 7 nitrogen and oxygen atoms in total. The van der Waals surface area contributed by atoms with Crippen LogP contribution in [-0.4, -0.2) is 42.1 Å². The first-order valence-electron chi connectivity index (χ1n) is 6.61. The van der Waals surface area contributed by atoms with Crippen LogP contribution >= 0.6 is 11.6 Å². The van der Waals surface area contributed by atoms with Gasteiger partial charge >= 0.3 is 6.01 Å². The Morgan fingerprint density at radius 1 is 1.35 bits per heavy atom. The summed E-state index contributed by atoms with van der Waals surface area (Å²) < 4.78 is 18.7. The zero-order chi connectivity index (χ0) is 17.0. The molecule has 0 unspecified atom stereocenters. The fraction of sp³-hybridized carbons (Fsp3) is 0.286. The molecule has 0 atom stereocenters. The van der Waals surface area contributed by atoms with Crippen LogP contribution in [0.5, 0.6) is 6.01 Å². The van der Waals surface area contributed by atoms with Crippen molar-refractivity contribution >= 4 is 23.5 Å². The summed E-state index contributed by atoms with van der Waals surface area (Å²) in [6.45, 7) is -0.0246. The van der Waals surface area contributed by atoms with Gasteiger partial charge < -0.3 is 15.0 Å². The number of nitrogens with zero attached hydrogens (tertiary/aromatic N) is 4. The van der Waals surface area contributed by atoms with Gasteiger partial charge in [-0.2, -0.15) is 15.0 Å². The molecule has 0 aliphatic rings. The van der Waals surface area contributed by atoms with E-state index in [1.54, 1.807) is 19.0 Å². The van der Waals surface area contributed by atoms with E-state index < -0.39 is 11.7 Å². The fourth-order valence-electron chi connectivity index (χ4n) is 1.72. The van der Waals surface area contributed by atoms with Crippen molar-refractivity contribution in [2.24, 2.45) is 0 Å². The van der Waals surface area contributed by atoms with Crippen LogP contribution in [0.3, 0.4) is 0 Å². The van der Waals surface area contributed by atoms with Crippen molar-refractivity contribution in [2.45, 2.75) is 6.54 Å². The largest absolute Gasteiger partial charge is 0.467 e. The van der Waals surface area contributed by atoms with Gasteiger partial charge in [-0.25, -0.2) is 4.39 Å². The number of amides is 1. The Labute approximate surface area is 137 Å². The average molecular weight is 340 g/mol. The lowest BCUT2D eigenvalue weighted by atomic mass is 10.2. The van der Waals surface area contributed by atoms with Crippen molar-refractivity contribution in [3.8, 4) is 6.01 Å². The first kappa shape index (κ1) is 16.9. The molecule has 1 heterocycles. The van der Waals surface area contributed by atoms with Crippen LogP contribution in [0.2, 0.25) is 5.02 Å². The van der Waals surface area contributed by atoms with Gasteiger partial charge in [0.25, 0.3) is 5.91 Å². The SMILES string of the molecule is COc1nc(CNC(=O)c2c(F)cccc2Cl)nc(N(C)C)n1. The maximum absolute atomic E-state index is 13.7. The van der Waals surface area contributed by atoms with E-state index in [-0.39, 0.29) is 29.0 Å². The highest BCUT2D eigenvalue weighted by Crippen LogP contribution is 2.18. The van der Waals surface area contributed by atoms with Crippen molar-refractivity contribution in [1.82, 2.24) is 20.3 Å². The van der Waals surface area contributed by atoms with Gasteiger partial charge in [-0.05, 0) is 12.1 Å². The van der Waals surface area contributed by atoms with Crippen LogP contribution in [0, 0.1) is 5.82 Å². The van der Waals surface area contributed by atoms with Crippen molar-refractivity contribution in [1.29, 1.82) is 0 Å². The third-order valence-corrected chi connectivity index (χ3v) is 3.14. The van der Waals surface area contributed by atoms with Crippen molar-refractivity contribution in [3.05, 3.63) is 40.4 Å². The molecule has 0 saturated heterocycles. The number of halogens is 2. The smallest absolute Gasteiger partial charge is 0.321 e. The molecule has 2 aromatic rings. The molecule has 122 valence electrons. The lowest BCUT2D eigenvalue weighted by Crippen LogP contribution is -2.26. The van der Waals surface area contributed by atoms with Crippen LogP contribution in [-0.2, 0) is 6.54 Å². The molecular weight excluding hydrogens is 325 g/mol. The molecule has 0 radical (unpaired) electrons. The second kappa shape index (κ2) is 7.19. The Morgan fingerprint density at radius 3 is 2.70 bits per heavy atom.